The molecular weight excluding hydrogens is 489 g/mol. The van der Waals surface area contributed by atoms with Gasteiger partial charge in [0.15, 0.2) is 14.1 Å². The molecule has 0 unspecified atom stereocenters. The first-order chi connectivity index (χ1) is 15.9. The Hall–Kier alpha value is -0.173. The van der Waals surface area contributed by atoms with Crippen molar-refractivity contribution in [2.24, 2.45) is 46.3 Å². The maximum Gasteiger partial charge on any atom is 0.220 e. The summed E-state index contributed by atoms with van der Waals surface area (Å²) in [5.74, 6) is 1.73. The van der Waals surface area contributed by atoms with E-state index < -0.39 is 19.3 Å². The van der Waals surface area contributed by atoms with Crippen LogP contribution in [-0.4, -0.2) is 36.4 Å². The highest BCUT2D eigenvalue weighted by molar-refractivity contribution is 8.22. The highest BCUT2D eigenvalue weighted by atomic mass is 32.2. The van der Waals surface area contributed by atoms with Gasteiger partial charge in [-0.3, -0.25) is 4.79 Å². The number of rotatable bonds is 3. The molecule has 3 fully saturated rings. The first-order valence-electron chi connectivity index (χ1n) is 13.6. The van der Waals surface area contributed by atoms with Gasteiger partial charge >= 0.3 is 0 Å². The zero-order chi connectivity index (χ0) is 26.5. The maximum atomic E-state index is 15.2. The Bertz CT molecular complexity index is 950. The number of fused-ring (bicyclic) bond motifs is 3. The molecule has 4 rings (SSSR count). The molecule has 0 heterocycles. The normalized spacial score (nSPS) is 44.5. The van der Waals surface area contributed by atoms with Gasteiger partial charge < -0.3 is 9.16 Å². The summed E-state index contributed by atoms with van der Waals surface area (Å²) in [6.07, 6.45) is 6.06. The largest absolute Gasteiger partial charge is 0.470 e. The van der Waals surface area contributed by atoms with Crippen molar-refractivity contribution >= 4 is 42.5 Å². The quantitative estimate of drug-likeness (QED) is 0.208. The zero-order valence-electron chi connectivity index (χ0n) is 24.1. The van der Waals surface area contributed by atoms with Crippen molar-refractivity contribution in [2.75, 3.05) is 6.26 Å². The van der Waals surface area contributed by atoms with Crippen LogP contribution >= 0.6 is 24.0 Å². The molecule has 0 aliphatic heterocycles. The fourth-order valence-corrected chi connectivity index (χ4v) is 9.96. The van der Waals surface area contributed by atoms with Gasteiger partial charge in [-0.1, -0.05) is 78.8 Å². The Morgan fingerprint density at radius 1 is 1.20 bits per heavy atom. The summed E-state index contributed by atoms with van der Waals surface area (Å²) >= 11 is 7.18. The third-order valence-electron chi connectivity index (χ3n) is 11.4. The standard InChI is InChI=1S/C29H48O3S2Si/c1-16-14-28-17(2)13-20-22(27(20,8)9)21(24(28)30)23(32-35(11,12)26(5,6)7)18(3)19(4)29(28,15-16)31-25(33)34-10/h14,17-23H,13,15H2,1-12H3/t17-,18-,19-,20-,21-,22-,23-,28+,29-/m1/s1. The molecule has 2 bridgehead atoms. The molecular formula is C29H48O3S2Si. The lowest BCUT2D eigenvalue weighted by Gasteiger charge is -2.51. The molecule has 4 aliphatic rings. The minimum absolute atomic E-state index is 0.0838. The lowest BCUT2D eigenvalue weighted by Crippen LogP contribution is -2.59. The van der Waals surface area contributed by atoms with Crippen molar-refractivity contribution < 1.29 is 14.0 Å². The number of hydrogen-bond acceptors (Lipinski definition) is 5. The van der Waals surface area contributed by atoms with Crippen molar-refractivity contribution in [3.05, 3.63) is 11.6 Å². The lowest BCUT2D eigenvalue weighted by atomic mass is 9.58. The smallest absolute Gasteiger partial charge is 0.220 e. The summed E-state index contributed by atoms with van der Waals surface area (Å²) in [5.41, 5.74) is 0.154. The number of thiocarbonyl (C=S) groups is 1. The summed E-state index contributed by atoms with van der Waals surface area (Å²) < 4.78 is 14.8. The van der Waals surface area contributed by atoms with Crippen LogP contribution in [0.5, 0.6) is 0 Å². The minimum Gasteiger partial charge on any atom is -0.470 e. The molecule has 0 aromatic rings. The fraction of sp³-hybridized carbons (Fsp3) is 0.862. The number of ketones is 1. The second kappa shape index (κ2) is 8.41. The fourth-order valence-electron chi connectivity index (χ4n) is 8.19. The van der Waals surface area contributed by atoms with Crippen LogP contribution in [0.3, 0.4) is 0 Å². The van der Waals surface area contributed by atoms with Gasteiger partial charge in [-0.2, -0.15) is 0 Å². The molecule has 0 radical (unpaired) electrons. The molecule has 35 heavy (non-hydrogen) atoms. The summed E-state index contributed by atoms with van der Waals surface area (Å²) in [5, 5.41) is 0.0838. The van der Waals surface area contributed by atoms with Crippen LogP contribution < -0.4 is 0 Å². The van der Waals surface area contributed by atoms with Gasteiger partial charge in [-0.15, -0.1) is 0 Å². The van der Waals surface area contributed by atoms with E-state index in [9.17, 15) is 0 Å². The van der Waals surface area contributed by atoms with Crippen molar-refractivity contribution in [1.82, 2.24) is 0 Å². The monoisotopic (exact) mass is 536 g/mol. The summed E-state index contributed by atoms with van der Waals surface area (Å²) in [6.45, 7) is 25.5. The van der Waals surface area contributed by atoms with Crippen molar-refractivity contribution in [3.63, 3.8) is 0 Å². The van der Waals surface area contributed by atoms with E-state index in [0.717, 1.165) is 12.8 Å². The van der Waals surface area contributed by atoms with Gasteiger partial charge in [-0.25, -0.2) is 0 Å². The van der Waals surface area contributed by atoms with Crippen molar-refractivity contribution in [1.29, 1.82) is 0 Å². The highest BCUT2D eigenvalue weighted by Crippen LogP contribution is 2.74. The maximum absolute atomic E-state index is 15.2. The average Bonchev–Trinajstić information content (AvgIpc) is 3.14. The van der Waals surface area contributed by atoms with Crippen LogP contribution in [-0.2, 0) is 14.0 Å². The van der Waals surface area contributed by atoms with Gasteiger partial charge in [0.05, 0.1) is 11.5 Å². The van der Waals surface area contributed by atoms with Crippen LogP contribution in [0, 0.1) is 46.3 Å². The average molecular weight is 537 g/mol. The lowest BCUT2D eigenvalue weighted by molar-refractivity contribution is -0.152. The Morgan fingerprint density at radius 3 is 2.34 bits per heavy atom. The predicted molar refractivity (Wildman–Crippen MR) is 154 cm³/mol. The first-order valence-corrected chi connectivity index (χ1v) is 18.1. The van der Waals surface area contributed by atoms with E-state index in [1.807, 2.05) is 6.26 Å². The molecule has 0 aromatic heterocycles. The van der Waals surface area contributed by atoms with E-state index >= 15 is 4.79 Å². The van der Waals surface area contributed by atoms with E-state index in [0.29, 0.717) is 22.0 Å². The van der Waals surface area contributed by atoms with E-state index in [1.165, 1.54) is 17.3 Å². The highest BCUT2D eigenvalue weighted by Gasteiger charge is 2.77. The van der Waals surface area contributed by atoms with E-state index in [1.54, 1.807) is 0 Å². The molecule has 198 valence electrons. The van der Waals surface area contributed by atoms with Crippen LogP contribution in [0.2, 0.25) is 18.1 Å². The molecule has 4 aliphatic carbocycles. The Balaban J connectivity index is 1.96. The van der Waals surface area contributed by atoms with Gasteiger partial charge in [0, 0.05) is 18.3 Å². The third kappa shape index (κ3) is 3.73. The Kier molecular flexibility index (Phi) is 6.69. The molecule has 1 spiro atoms. The molecule has 3 saturated carbocycles. The van der Waals surface area contributed by atoms with E-state index in [2.05, 4.69) is 81.5 Å². The zero-order valence-corrected chi connectivity index (χ0v) is 26.7. The number of carbonyl (C=O) groups is 1. The summed E-state index contributed by atoms with van der Waals surface area (Å²) in [6, 6.07) is 0. The van der Waals surface area contributed by atoms with Gasteiger partial charge in [0.2, 0.25) is 4.38 Å². The topological polar surface area (TPSA) is 35.5 Å². The number of thioether (sulfide) groups is 1. The van der Waals surface area contributed by atoms with Crippen molar-refractivity contribution in [3.8, 4) is 0 Å². The Morgan fingerprint density at radius 2 is 1.80 bits per heavy atom. The second-order valence-corrected chi connectivity index (χ2v) is 20.6. The number of carbonyl (C=O) groups excluding carboxylic acids is 1. The van der Waals surface area contributed by atoms with E-state index in [4.69, 9.17) is 21.4 Å². The Labute approximate surface area is 225 Å². The molecule has 0 N–H and O–H groups in total. The minimum atomic E-state index is -2.12. The van der Waals surface area contributed by atoms with Crippen molar-refractivity contribution in [2.45, 2.75) is 105 Å². The molecule has 3 nitrogen and oxygen atoms in total. The van der Waals surface area contributed by atoms with Crippen LogP contribution in [0.25, 0.3) is 0 Å². The second-order valence-electron chi connectivity index (χ2n) is 14.5. The van der Waals surface area contributed by atoms with Gasteiger partial charge in [-0.05, 0) is 79.0 Å². The van der Waals surface area contributed by atoms with Gasteiger partial charge in [0.25, 0.3) is 0 Å². The summed E-state index contributed by atoms with van der Waals surface area (Å²) in [7, 11) is -2.12. The first kappa shape index (κ1) is 27.9. The SMILES string of the molecule is CSC(=S)O[C@@]12CC(C)=C[C@]13C(=O)[C@@H]([C@H](O[Si](C)(C)C(C)(C)C)[C@H](C)[C@H]2C)[C@H]1[C@@H](C[C@H]3C)C1(C)C. The summed E-state index contributed by atoms with van der Waals surface area (Å²) in [4.78, 5) is 15.2. The third-order valence-corrected chi connectivity index (χ3v) is 16.9. The number of ether oxygens (including phenoxy) is 1. The molecule has 6 heteroatoms. The molecule has 0 aromatic carbocycles. The van der Waals surface area contributed by atoms with Crippen LogP contribution in [0.15, 0.2) is 11.6 Å². The van der Waals surface area contributed by atoms with Gasteiger partial charge in [0.1, 0.15) is 5.60 Å². The predicted octanol–water partition coefficient (Wildman–Crippen LogP) is 7.90. The molecule has 0 amide bonds. The number of hydrogen-bond donors (Lipinski definition) is 0. The van der Waals surface area contributed by atoms with Crippen LogP contribution in [0.1, 0.15) is 75.2 Å². The molecule has 0 saturated heterocycles. The van der Waals surface area contributed by atoms with E-state index in [-0.39, 0.29) is 40.2 Å². The van der Waals surface area contributed by atoms with Crippen LogP contribution in [0.4, 0.5) is 0 Å². The number of Topliss-reactive ketones (excluding diaryl/α,β-unsaturated/α-hetero) is 1. The molecule has 9 atom stereocenters.